The molecular weight excluding hydrogens is 323 g/mol. The molecule has 0 amide bonds. The fraction of sp³-hybridized carbons (Fsp3) is 0.0526. The summed E-state index contributed by atoms with van der Waals surface area (Å²) >= 11 is 0. The predicted octanol–water partition coefficient (Wildman–Crippen LogP) is 5.64. The maximum absolute atomic E-state index is 13.5. The third-order valence-corrected chi connectivity index (χ3v) is 4.00. The number of hydrogen-bond acceptors (Lipinski definition) is 4. The molecule has 0 N–H and O–H groups in total. The van der Waals surface area contributed by atoms with Gasteiger partial charge in [0.2, 0.25) is 0 Å². The molecule has 0 aromatic heterocycles. The zero-order valence-electron chi connectivity index (χ0n) is 19.4. The van der Waals surface area contributed by atoms with Gasteiger partial charge in [0.1, 0.15) is 17.2 Å². The highest BCUT2D eigenvalue weighted by Crippen LogP contribution is 2.49. The third kappa shape index (κ3) is 4.40. The lowest BCUT2D eigenvalue weighted by molar-refractivity contribution is 0.298. The number of rotatable bonds is 6. The van der Waals surface area contributed by atoms with Crippen LogP contribution < -0.4 is 13.6 Å². The molecule has 4 nitrogen and oxygen atoms in total. The van der Waals surface area contributed by atoms with Crippen LogP contribution in [0.1, 0.15) is 15.2 Å². The van der Waals surface area contributed by atoms with Crippen molar-refractivity contribution in [2.45, 2.75) is 6.85 Å². The summed E-state index contributed by atoms with van der Waals surface area (Å²) in [6.45, 7) is -2.89. The summed E-state index contributed by atoms with van der Waals surface area (Å²) in [6.07, 6.45) is 0. The molecule has 0 aliphatic carbocycles. The summed E-state index contributed by atoms with van der Waals surface area (Å²) < 4.78 is 84.2. The molecule has 24 heavy (non-hydrogen) atoms. The van der Waals surface area contributed by atoms with Crippen LogP contribution in [0, 0.1) is 6.85 Å². The quantitative estimate of drug-likeness (QED) is 0.541. The van der Waals surface area contributed by atoms with Crippen LogP contribution in [0.25, 0.3) is 0 Å². The molecular formula is C19H17O4P. The molecule has 0 fully saturated rings. The largest absolute Gasteiger partial charge is 0.647 e. The van der Waals surface area contributed by atoms with Gasteiger partial charge in [-0.05, 0) is 43.2 Å². The van der Waals surface area contributed by atoms with Crippen molar-refractivity contribution in [3.05, 3.63) is 90.4 Å². The summed E-state index contributed by atoms with van der Waals surface area (Å²) in [5, 5.41) is 0. The zero-order chi connectivity index (χ0) is 22.8. The first kappa shape index (κ1) is 9.55. The van der Waals surface area contributed by atoms with Crippen LogP contribution in [0.4, 0.5) is 0 Å². The molecule has 0 saturated carbocycles. The standard InChI is InChI=1S/C19H17O4P/c1-16-12-14-19(15-13-16)23-24(20,21-17-8-4-2-5-9-17)22-18-10-6-3-7-11-18/h2-15H,1H3/i1D3,12D,13D,14D,15D. The van der Waals surface area contributed by atoms with Crippen LogP contribution in [0.3, 0.4) is 0 Å². The molecule has 3 rings (SSSR count). The van der Waals surface area contributed by atoms with Gasteiger partial charge < -0.3 is 13.6 Å². The predicted molar refractivity (Wildman–Crippen MR) is 93.6 cm³/mol. The molecule has 0 radical (unpaired) electrons. The van der Waals surface area contributed by atoms with Crippen molar-refractivity contribution in [1.82, 2.24) is 0 Å². The van der Waals surface area contributed by atoms with Gasteiger partial charge >= 0.3 is 7.82 Å². The minimum Gasteiger partial charge on any atom is -0.386 e. The summed E-state index contributed by atoms with van der Waals surface area (Å²) in [6, 6.07) is 12.5. The van der Waals surface area contributed by atoms with E-state index in [9.17, 15) is 4.57 Å². The van der Waals surface area contributed by atoms with E-state index in [2.05, 4.69) is 0 Å². The van der Waals surface area contributed by atoms with E-state index in [1.54, 1.807) is 36.4 Å². The zero-order valence-corrected chi connectivity index (χ0v) is 13.2. The van der Waals surface area contributed by atoms with Crippen LogP contribution in [0.5, 0.6) is 17.2 Å². The van der Waals surface area contributed by atoms with E-state index in [4.69, 9.17) is 23.2 Å². The maximum atomic E-state index is 13.5. The Morgan fingerprint density at radius 2 is 1.21 bits per heavy atom. The molecule has 0 aliphatic heterocycles. The molecule has 0 heterocycles. The fourth-order valence-corrected chi connectivity index (χ4v) is 2.92. The van der Waals surface area contributed by atoms with Crippen LogP contribution in [0.15, 0.2) is 84.8 Å². The molecule has 0 unspecified atom stereocenters. The Balaban J connectivity index is 2.08. The van der Waals surface area contributed by atoms with E-state index < -0.39 is 50.2 Å². The van der Waals surface area contributed by atoms with Crippen LogP contribution in [-0.2, 0) is 4.57 Å². The van der Waals surface area contributed by atoms with Crippen LogP contribution >= 0.6 is 7.82 Å². The van der Waals surface area contributed by atoms with E-state index in [-0.39, 0.29) is 11.5 Å². The molecule has 0 spiro atoms. The lowest BCUT2D eigenvalue weighted by Crippen LogP contribution is -2.07. The molecule has 122 valence electrons. The number of phosphoric acid groups is 1. The van der Waals surface area contributed by atoms with Gasteiger partial charge in [-0.2, -0.15) is 4.57 Å². The van der Waals surface area contributed by atoms with Crippen molar-refractivity contribution in [1.29, 1.82) is 0 Å². The van der Waals surface area contributed by atoms with E-state index >= 15 is 0 Å². The molecule has 5 heteroatoms. The number of benzene rings is 3. The third-order valence-electron chi connectivity index (χ3n) is 2.73. The lowest BCUT2D eigenvalue weighted by atomic mass is 10.2. The summed E-state index contributed by atoms with van der Waals surface area (Å²) in [4.78, 5) is 0. The Morgan fingerprint density at radius 3 is 1.67 bits per heavy atom. The fourth-order valence-electron chi connectivity index (χ4n) is 1.74. The van der Waals surface area contributed by atoms with Crippen molar-refractivity contribution in [2.75, 3.05) is 0 Å². The van der Waals surface area contributed by atoms with E-state index in [0.717, 1.165) is 0 Å². The SMILES string of the molecule is [2H]c1c([2H])c(C([2H])([2H])[2H])c([2H])c([2H])c1OP(=O)(Oc1ccccc1)Oc1ccccc1. The number of hydrogen-bond donors (Lipinski definition) is 0. The van der Waals surface area contributed by atoms with Crippen molar-refractivity contribution >= 4 is 7.82 Å². The Hall–Kier alpha value is -2.71. The van der Waals surface area contributed by atoms with E-state index in [1.807, 2.05) is 0 Å². The Labute approximate surface area is 151 Å². The van der Waals surface area contributed by atoms with Crippen molar-refractivity contribution < 1.29 is 27.7 Å². The topological polar surface area (TPSA) is 44.8 Å². The highest BCUT2D eigenvalue weighted by molar-refractivity contribution is 7.49. The van der Waals surface area contributed by atoms with Gasteiger partial charge in [0.25, 0.3) is 0 Å². The average Bonchev–Trinajstić information content (AvgIpc) is 2.70. The molecule has 3 aromatic carbocycles. The highest BCUT2D eigenvalue weighted by Gasteiger charge is 2.33. The second-order valence-electron chi connectivity index (χ2n) is 4.55. The minimum atomic E-state index is -4.58. The first-order valence-corrected chi connectivity index (χ1v) is 8.37. The lowest BCUT2D eigenvalue weighted by Gasteiger charge is -2.19. The van der Waals surface area contributed by atoms with E-state index in [0.29, 0.717) is 0 Å². The Morgan fingerprint density at radius 1 is 0.750 bits per heavy atom. The maximum Gasteiger partial charge on any atom is 0.647 e. The molecule has 0 aliphatic rings. The summed E-state index contributed by atoms with van der Waals surface area (Å²) in [5.74, 6) is -0.537. The van der Waals surface area contributed by atoms with Crippen LogP contribution in [0.2, 0.25) is 0 Å². The monoisotopic (exact) mass is 347 g/mol. The Kier molecular flexibility index (Phi) is 2.88. The summed E-state index contributed by atoms with van der Waals surface area (Å²) in [5.41, 5.74) is -0.766. The summed E-state index contributed by atoms with van der Waals surface area (Å²) in [7, 11) is -4.58. The van der Waals surface area contributed by atoms with Gasteiger partial charge in [-0.25, -0.2) is 0 Å². The molecule has 0 atom stereocenters. The van der Waals surface area contributed by atoms with Crippen molar-refractivity contribution in [2.24, 2.45) is 0 Å². The second kappa shape index (κ2) is 7.24. The average molecular weight is 347 g/mol. The van der Waals surface area contributed by atoms with Gasteiger partial charge in [-0.3, -0.25) is 0 Å². The van der Waals surface area contributed by atoms with Gasteiger partial charge in [-0.1, -0.05) is 54.0 Å². The number of phosphoric ester groups is 1. The smallest absolute Gasteiger partial charge is 0.386 e. The first-order chi connectivity index (χ1) is 14.5. The molecule has 0 bridgehead atoms. The highest BCUT2D eigenvalue weighted by atomic mass is 31.2. The molecule has 0 saturated heterocycles. The number of para-hydroxylation sites is 2. The van der Waals surface area contributed by atoms with Gasteiger partial charge in [0.05, 0.1) is 5.48 Å². The van der Waals surface area contributed by atoms with Crippen LogP contribution in [-0.4, -0.2) is 0 Å². The Bertz CT molecular complexity index is 1050. The van der Waals surface area contributed by atoms with Crippen molar-refractivity contribution in [3.63, 3.8) is 0 Å². The second-order valence-corrected chi connectivity index (χ2v) is 5.99. The minimum absolute atomic E-state index is 0.108. The normalized spacial score (nSPS) is 15.6. The first-order valence-electron chi connectivity index (χ1n) is 10.4. The molecule has 3 aromatic rings. The van der Waals surface area contributed by atoms with Gasteiger partial charge in [0.15, 0.2) is 0 Å². The van der Waals surface area contributed by atoms with Crippen molar-refractivity contribution in [3.8, 4) is 17.2 Å². The van der Waals surface area contributed by atoms with E-state index in [1.165, 1.54) is 24.3 Å². The van der Waals surface area contributed by atoms with Gasteiger partial charge in [-0.15, -0.1) is 0 Å². The van der Waals surface area contributed by atoms with Gasteiger partial charge in [0, 0.05) is 4.11 Å².